The minimum absolute atomic E-state index is 0.114. The van der Waals surface area contributed by atoms with Crippen LogP contribution in [0, 0.1) is 0 Å². The molecule has 2 aliphatic heterocycles. The molecule has 0 spiro atoms. The van der Waals surface area contributed by atoms with E-state index in [1.54, 1.807) is 31.1 Å². The summed E-state index contributed by atoms with van der Waals surface area (Å²) in [7, 11) is 3.32. The molecule has 6 nitrogen and oxygen atoms in total. The smallest absolute Gasteiger partial charge is 0.399 e. The molecular weight excluding hydrogens is 639 g/mol. The summed E-state index contributed by atoms with van der Waals surface area (Å²) in [6, 6.07) is 11.0. The first-order valence-corrected chi connectivity index (χ1v) is 14.8. The molecule has 2 fully saturated rings. The van der Waals surface area contributed by atoms with Crippen LogP contribution in [-0.4, -0.2) is 40.3 Å². The van der Waals surface area contributed by atoms with E-state index in [-0.39, 0.29) is 17.1 Å². The summed E-state index contributed by atoms with van der Waals surface area (Å²) < 4.78 is 113. The third-order valence-electron chi connectivity index (χ3n) is 7.51. The highest BCUT2D eigenvalue weighted by Crippen LogP contribution is 2.36. The molecule has 2 heterocycles. The van der Waals surface area contributed by atoms with Crippen molar-refractivity contribution in [1.29, 1.82) is 0 Å². The molecule has 0 radical (unpaired) electrons. The van der Waals surface area contributed by atoms with Crippen LogP contribution >= 0.6 is 0 Å². The summed E-state index contributed by atoms with van der Waals surface area (Å²) in [5.74, 6) is 0. The van der Waals surface area contributed by atoms with Crippen LogP contribution in [0.25, 0.3) is 0 Å². The van der Waals surface area contributed by atoms with E-state index in [4.69, 9.17) is 17.2 Å². The second kappa shape index (κ2) is 15.2. The van der Waals surface area contributed by atoms with Crippen LogP contribution in [0.4, 0.5) is 73.6 Å². The number of nitrogens with two attached hydrogens (primary N) is 3. The van der Waals surface area contributed by atoms with Crippen LogP contribution < -0.4 is 31.9 Å². The van der Waals surface area contributed by atoms with Crippen LogP contribution in [0.5, 0.6) is 0 Å². The van der Waals surface area contributed by atoms with Crippen molar-refractivity contribution in [3.63, 3.8) is 0 Å². The third kappa shape index (κ3) is 11.2. The molecule has 0 unspecified atom stereocenters. The Balaban J connectivity index is 0.000000193. The molecule has 3 aromatic rings. The predicted octanol–water partition coefficient (Wildman–Crippen LogP) is 8.52. The van der Waals surface area contributed by atoms with Crippen molar-refractivity contribution in [3.8, 4) is 0 Å². The van der Waals surface area contributed by atoms with Crippen molar-refractivity contribution >= 4 is 34.1 Å². The Labute approximate surface area is 267 Å². The molecule has 6 N–H and O–H groups in total. The highest BCUT2D eigenvalue weighted by molar-refractivity contribution is 5.61. The van der Waals surface area contributed by atoms with Crippen molar-refractivity contribution in [2.24, 2.45) is 0 Å². The van der Waals surface area contributed by atoms with Gasteiger partial charge in [0.15, 0.2) is 0 Å². The molecule has 0 amide bonds. The summed E-state index contributed by atoms with van der Waals surface area (Å²) in [5, 5.41) is 0. The number of hydrogen-bond acceptors (Lipinski definition) is 6. The lowest BCUT2D eigenvalue weighted by molar-refractivity contribution is -0.138. The number of alkyl halides is 9. The minimum Gasteiger partial charge on any atom is -0.399 e. The molecule has 0 bridgehead atoms. The number of rotatable bonds is 3. The molecule has 0 aliphatic carbocycles. The van der Waals surface area contributed by atoms with Gasteiger partial charge in [-0.1, -0.05) is 0 Å². The second-order valence-corrected chi connectivity index (χ2v) is 11.6. The van der Waals surface area contributed by atoms with Crippen LogP contribution in [-0.2, 0) is 18.5 Å². The molecule has 3 aromatic carbocycles. The fourth-order valence-electron chi connectivity index (χ4n) is 5.15. The molecule has 260 valence electrons. The van der Waals surface area contributed by atoms with Crippen molar-refractivity contribution in [2.75, 3.05) is 72.2 Å². The molecule has 5 rings (SSSR count). The number of nitrogens with zero attached hydrogens (tertiary/aromatic N) is 3. The fraction of sp³-hybridized carbons (Fsp3) is 0.438. The number of halogens is 9. The van der Waals surface area contributed by atoms with Gasteiger partial charge < -0.3 is 31.9 Å². The monoisotopic (exact) mass is 678 g/mol. The van der Waals surface area contributed by atoms with Gasteiger partial charge in [0.05, 0.1) is 16.7 Å². The minimum atomic E-state index is -4.35. The van der Waals surface area contributed by atoms with E-state index >= 15 is 0 Å². The van der Waals surface area contributed by atoms with Crippen LogP contribution in [0.1, 0.15) is 48.8 Å². The zero-order valence-corrected chi connectivity index (χ0v) is 26.0. The number of anilines is 6. The lowest BCUT2D eigenvalue weighted by atomic mass is 10.1. The summed E-state index contributed by atoms with van der Waals surface area (Å²) >= 11 is 0. The van der Waals surface area contributed by atoms with Gasteiger partial charge in [-0.3, -0.25) is 0 Å². The Morgan fingerprint density at radius 3 is 1.13 bits per heavy atom. The second-order valence-electron chi connectivity index (χ2n) is 11.6. The van der Waals surface area contributed by atoms with Crippen molar-refractivity contribution in [1.82, 2.24) is 0 Å². The zero-order chi connectivity index (χ0) is 35.2. The molecule has 15 heteroatoms. The predicted molar refractivity (Wildman–Crippen MR) is 169 cm³/mol. The number of piperidine rings is 1. The van der Waals surface area contributed by atoms with E-state index in [1.807, 2.05) is 9.80 Å². The molecule has 47 heavy (non-hydrogen) atoms. The third-order valence-corrected chi connectivity index (χ3v) is 7.51. The Hall–Kier alpha value is -4.17. The Bertz CT molecular complexity index is 1460. The summed E-state index contributed by atoms with van der Waals surface area (Å²) in [5.41, 5.74) is 16.4. The maximum atomic E-state index is 12.6. The van der Waals surface area contributed by atoms with Crippen LogP contribution in [0.2, 0.25) is 0 Å². The molecular formula is C32H39F9N6. The Morgan fingerprint density at radius 2 is 0.787 bits per heavy atom. The van der Waals surface area contributed by atoms with E-state index in [0.29, 0.717) is 17.1 Å². The van der Waals surface area contributed by atoms with Gasteiger partial charge in [0.25, 0.3) is 0 Å². The maximum absolute atomic E-state index is 12.6. The SMILES string of the molecule is CN(C)c1cc(N)cc(C(F)(F)F)c1.Nc1cc(N2CCCC2)cc(C(F)(F)F)c1.Nc1cc(N2CCCCC2)cc(C(F)(F)F)c1. The van der Waals surface area contributed by atoms with E-state index in [1.165, 1.54) is 18.2 Å². The quantitative estimate of drug-likeness (QED) is 0.190. The summed E-state index contributed by atoms with van der Waals surface area (Å²) in [6.07, 6.45) is -7.77. The van der Waals surface area contributed by atoms with Crippen molar-refractivity contribution in [3.05, 3.63) is 71.3 Å². The summed E-state index contributed by atoms with van der Waals surface area (Å²) in [6.45, 7) is 3.23. The molecule has 2 aliphatic rings. The highest BCUT2D eigenvalue weighted by atomic mass is 19.4. The standard InChI is InChI=1S/C12H15F3N2.C11H13F3N2.C9H11F3N2/c13-12(14,15)9-6-10(16)8-11(7-9)17-4-2-1-3-5-17;12-11(13,14)8-5-9(15)7-10(6-8)16-3-1-2-4-16;1-14(2)8-4-6(9(10,11)12)3-7(13)5-8/h6-8H,1-5,16H2;5-7H,1-4,15H2;3-5H,13H2,1-2H3. The van der Waals surface area contributed by atoms with Gasteiger partial charge in [0, 0.05) is 74.4 Å². The topological polar surface area (TPSA) is 87.8 Å². The average Bonchev–Trinajstić information content (AvgIpc) is 3.51. The number of hydrogen-bond donors (Lipinski definition) is 3. The van der Waals surface area contributed by atoms with Crippen molar-refractivity contribution in [2.45, 2.75) is 50.6 Å². The van der Waals surface area contributed by atoms with E-state index in [2.05, 4.69) is 0 Å². The fourth-order valence-corrected chi connectivity index (χ4v) is 5.15. The van der Waals surface area contributed by atoms with E-state index in [9.17, 15) is 39.5 Å². The van der Waals surface area contributed by atoms with Gasteiger partial charge in [-0.15, -0.1) is 0 Å². The normalized spacial score (nSPS) is 15.4. The number of nitrogen functional groups attached to an aromatic ring is 3. The first-order valence-electron chi connectivity index (χ1n) is 14.8. The van der Waals surface area contributed by atoms with Crippen LogP contribution in [0.15, 0.2) is 54.6 Å². The molecule has 0 saturated carbocycles. The van der Waals surface area contributed by atoms with Gasteiger partial charge in [-0.25, -0.2) is 0 Å². The van der Waals surface area contributed by atoms with Gasteiger partial charge in [-0.05, 0) is 86.7 Å². The first-order chi connectivity index (χ1) is 21.7. The molecule has 0 atom stereocenters. The van der Waals surface area contributed by atoms with Gasteiger partial charge in [0.1, 0.15) is 0 Å². The number of benzene rings is 3. The summed E-state index contributed by atoms with van der Waals surface area (Å²) in [4.78, 5) is 5.48. The van der Waals surface area contributed by atoms with Gasteiger partial charge >= 0.3 is 18.5 Å². The average molecular weight is 679 g/mol. The van der Waals surface area contributed by atoms with Gasteiger partial charge in [0.2, 0.25) is 0 Å². The largest absolute Gasteiger partial charge is 0.416 e. The lowest BCUT2D eigenvalue weighted by Crippen LogP contribution is -2.29. The van der Waals surface area contributed by atoms with Crippen LogP contribution in [0.3, 0.4) is 0 Å². The molecule has 0 aromatic heterocycles. The van der Waals surface area contributed by atoms with E-state index in [0.717, 1.165) is 82.5 Å². The highest BCUT2D eigenvalue weighted by Gasteiger charge is 2.33. The lowest BCUT2D eigenvalue weighted by Gasteiger charge is -2.29. The van der Waals surface area contributed by atoms with E-state index < -0.39 is 35.2 Å². The maximum Gasteiger partial charge on any atom is 0.416 e. The van der Waals surface area contributed by atoms with Gasteiger partial charge in [-0.2, -0.15) is 39.5 Å². The molecule has 2 saturated heterocycles. The van der Waals surface area contributed by atoms with Crippen molar-refractivity contribution < 1.29 is 39.5 Å². The zero-order valence-electron chi connectivity index (χ0n) is 26.0. The first kappa shape index (κ1) is 37.3. The Kier molecular flexibility index (Phi) is 12.0. The Morgan fingerprint density at radius 1 is 0.468 bits per heavy atom.